The Labute approximate surface area is 112 Å². The quantitative estimate of drug-likeness (QED) is 0.910. The minimum Gasteiger partial charge on any atom is -0.352 e. The summed E-state index contributed by atoms with van der Waals surface area (Å²) in [6, 6.07) is 4.09. The maximum absolute atomic E-state index is 13.1. The van der Waals surface area contributed by atoms with Gasteiger partial charge in [-0.05, 0) is 18.2 Å². The monoisotopic (exact) mass is 311 g/mol. The van der Waals surface area contributed by atoms with Crippen molar-refractivity contribution in [3.8, 4) is 0 Å². The van der Waals surface area contributed by atoms with Crippen LogP contribution >= 0.6 is 15.9 Å². The molecular weight excluding hydrogens is 301 g/mol. The van der Waals surface area contributed by atoms with E-state index in [2.05, 4.69) is 31.2 Å². The summed E-state index contributed by atoms with van der Waals surface area (Å²) in [6.07, 6.45) is 3.94. The maximum Gasteiger partial charge on any atom is 0.251 e. The van der Waals surface area contributed by atoms with E-state index in [1.165, 1.54) is 12.1 Å². The Hall–Kier alpha value is -1.69. The molecule has 0 radical (unpaired) electrons. The Morgan fingerprint density at radius 1 is 1.44 bits per heavy atom. The van der Waals surface area contributed by atoms with Gasteiger partial charge in [0.1, 0.15) is 5.82 Å². The van der Waals surface area contributed by atoms with Crippen LogP contribution in [0.15, 0.2) is 35.2 Å². The lowest BCUT2D eigenvalue weighted by Gasteiger charge is -2.05. The van der Waals surface area contributed by atoms with Crippen LogP contribution in [-0.2, 0) is 6.42 Å². The Balaban J connectivity index is 1.91. The summed E-state index contributed by atoms with van der Waals surface area (Å²) < 4.78 is 13.7. The Kier molecular flexibility index (Phi) is 4.09. The molecule has 1 aromatic carbocycles. The first-order chi connectivity index (χ1) is 8.65. The van der Waals surface area contributed by atoms with Crippen LogP contribution in [0.2, 0.25) is 0 Å². The van der Waals surface area contributed by atoms with E-state index in [1.807, 2.05) is 0 Å². The van der Waals surface area contributed by atoms with E-state index in [0.717, 1.165) is 5.69 Å². The Morgan fingerprint density at radius 3 is 2.94 bits per heavy atom. The summed E-state index contributed by atoms with van der Waals surface area (Å²) in [5.74, 6) is -0.738. The van der Waals surface area contributed by atoms with Crippen molar-refractivity contribution in [3.05, 3.63) is 52.3 Å². The summed E-state index contributed by atoms with van der Waals surface area (Å²) in [5, 5.41) is 2.72. The van der Waals surface area contributed by atoms with Crippen molar-refractivity contribution in [3.63, 3.8) is 0 Å². The number of rotatable bonds is 4. The number of H-pyrrole nitrogens is 1. The van der Waals surface area contributed by atoms with Crippen molar-refractivity contribution in [1.82, 2.24) is 15.3 Å². The lowest BCUT2D eigenvalue weighted by atomic mass is 10.2. The molecule has 4 nitrogen and oxygen atoms in total. The van der Waals surface area contributed by atoms with Crippen LogP contribution in [0.3, 0.4) is 0 Å². The first-order valence-electron chi connectivity index (χ1n) is 5.36. The third-order valence-electron chi connectivity index (χ3n) is 2.36. The SMILES string of the molecule is O=C(NCCc1cnc[nH]1)c1cc(F)cc(Br)c1. The predicted octanol–water partition coefficient (Wildman–Crippen LogP) is 2.28. The van der Waals surface area contributed by atoms with Gasteiger partial charge < -0.3 is 10.3 Å². The highest BCUT2D eigenvalue weighted by atomic mass is 79.9. The van der Waals surface area contributed by atoms with Gasteiger partial charge in [0.2, 0.25) is 0 Å². The standard InChI is InChI=1S/C12H11BrFN3O/c13-9-3-8(4-10(14)5-9)12(18)16-2-1-11-6-15-7-17-11/h3-7H,1-2H2,(H,15,17)(H,16,18). The van der Waals surface area contributed by atoms with Gasteiger partial charge in [0.05, 0.1) is 6.33 Å². The van der Waals surface area contributed by atoms with Gasteiger partial charge in [0.25, 0.3) is 5.91 Å². The lowest BCUT2D eigenvalue weighted by molar-refractivity contribution is 0.0953. The van der Waals surface area contributed by atoms with E-state index in [-0.39, 0.29) is 5.91 Å². The van der Waals surface area contributed by atoms with Crippen molar-refractivity contribution in [2.24, 2.45) is 0 Å². The first kappa shape index (κ1) is 12.8. The third-order valence-corrected chi connectivity index (χ3v) is 2.82. The van der Waals surface area contributed by atoms with Gasteiger partial charge in [-0.3, -0.25) is 4.79 Å². The predicted molar refractivity (Wildman–Crippen MR) is 68.7 cm³/mol. The molecule has 0 aliphatic carbocycles. The molecule has 0 fully saturated rings. The Morgan fingerprint density at radius 2 is 2.28 bits per heavy atom. The number of hydrogen-bond acceptors (Lipinski definition) is 2. The molecule has 0 aliphatic heterocycles. The van der Waals surface area contributed by atoms with Gasteiger partial charge >= 0.3 is 0 Å². The van der Waals surface area contributed by atoms with Crippen molar-refractivity contribution in [2.45, 2.75) is 6.42 Å². The van der Waals surface area contributed by atoms with Crippen LogP contribution in [0.1, 0.15) is 16.1 Å². The van der Waals surface area contributed by atoms with Crippen molar-refractivity contribution < 1.29 is 9.18 Å². The number of halogens is 2. The zero-order valence-electron chi connectivity index (χ0n) is 9.41. The molecular formula is C12H11BrFN3O. The smallest absolute Gasteiger partial charge is 0.251 e. The number of imidazole rings is 1. The number of carbonyl (C=O) groups is 1. The summed E-state index contributed by atoms with van der Waals surface area (Å²) in [6.45, 7) is 0.467. The first-order valence-corrected chi connectivity index (χ1v) is 6.16. The number of benzene rings is 1. The molecule has 94 valence electrons. The summed E-state index contributed by atoms with van der Waals surface area (Å²) >= 11 is 3.15. The number of hydrogen-bond donors (Lipinski definition) is 2. The molecule has 18 heavy (non-hydrogen) atoms. The molecule has 1 amide bonds. The van der Waals surface area contributed by atoms with Gasteiger partial charge in [0, 0.05) is 34.9 Å². The topological polar surface area (TPSA) is 57.8 Å². The zero-order chi connectivity index (χ0) is 13.0. The summed E-state index contributed by atoms with van der Waals surface area (Å²) in [7, 11) is 0. The molecule has 0 spiro atoms. The van der Waals surface area contributed by atoms with E-state index in [1.54, 1.807) is 18.6 Å². The molecule has 2 N–H and O–H groups in total. The molecule has 0 atom stereocenters. The fourth-order valence-electron chi connectivity index (χ4n) is 1.52. The largest absolute Gasteiger partial charge is 0.352 e. The van der Waals surface area contributed by atoms with Crippen LogP contribution in [0.25, 0.3) is 0 Å². The van der Waals surface area contributed by atoms with E-state index in [4.69, 9.17) is 0 Å². The van der Waals surface area contributed by atoms with Crippen LogP contribution in [0.4, 0.5) is 4.39 Å². The van der Waals surface area contributed by atoms with E-state index in [0.29, 0.717) is 23.0 Å². The van der Waals surface area contributed by atoms with E-state index >= 15 is 0 Å². The number of amides is 1. The second-order valence-corrected chi connectivity index (χ2v) is 4.66. The maximum atomic E-state index is 13.1. The molecule has 2 rings (SSSR count). The normalized spacial score (nSPS) is 10.3. The molecule has 1 heterocycles. The van der Waals surface area contributed by atoms with Crippen LogP contribution < -0.4 is 5.32 Å². The van der Waals surface area contributed by atoms with Crippen LogP contribution in [-0.4, -0.2) is 22.4 Å². The van der Waals surface area contributed by atoms with Gasteiger partial charge in [-0.2, -0.15) is 0 Å². The molecule has 2 aromatic rings. The molecule has 0 aliphatic rings. The number of aromatic nitrogens is 2. The average molecular weight is 312 g/mol. The minimum atomic E-state index is -0.442. The molecule has 1 aromatic heterocycles. The minimum absolute atomic E-state index is 0.297. The highest BCUT2D eigenvalue weighted by Gasteiger charge is 2.07. The molecule has 0 saturated heterocycles. The van der Waals surface area contributed by atoms with Crippen LogP contribution in [0, 0.1) is 5.82 Å². The fraction of sp³-hybridized carbons (Fsp3) is 0.167. The second kappa shape index (κ2) is 5.77. The molecule has 0 bridgehead atoms. The zero-order valence-corrected chi connectivity index (χ0v) is 11.0. The van der Waals surface area contributed by atoms with E-state index in [9.17, 15) is 9.18 Å². The number of aromatic amines is 1. The van der Waals surface area contributed by atoms with Crippen molar-refractivity contribution >= 4 is 21.8 Å². The van der Waals surface area contributed by atoms with Crippen LogP contribution in [0.5, 0.6) is 0 Å². The van der Waals surface area contributed by atoms with Gasteiger partial charge in [0.15, 0.2) is 0 Å². The van der Waals surface area contributed by atoms with Crippen molar-refractivity contribution in [2.75, 3.05) is 6.54 Å². The fourth-order valence-corrected chi connectivity index (χ4v) is 1.98. The third kappa shape index (κ3) is 3.40. The molecule has 0 saturated carbocycles. The number of nitrogens with one attached hydrogen (secondary N) is 2. The molecule has 0 unspecified atom stereocenters. The van der Waals surface area contributed by atoms with Crippen molar-refractivity contribution in [1.29, 1.82) is 0 Å². The highest BCUT2D eigenvalue weighted by molar-refractivity contribution is 9.10. The number of nitrogens with zero attached hydrogens (tertiary/aromatic N) is 1. The Bertz CT molecular complexity index is 522. The second-order valence-electron chi connectivity index (χ2n) is 3.74. The van der Waals surface area contributed by atoms with E-state index < -0.39 is 5.82 Å². The summed E-state index contributed by atoms with van der Waals surface area (Å²) in [4.78, 5) is 18.6. The van der Waals surface area contributed by atoms with Gasteiger partial charge in [-0.25, -0.2) is 9.37 Å². The summed E-state index contributed by atoms with van der Waals surface area (Å²) in [5.41, 5.74) is 1.24. The van der Waals surface area contributed by atoms with Gasteiger partial charge in [-0.15, -0.1) is 0 Å². The average Bonchev–Trinajstić information content (AvgIpc) is 2.80. The molecule has 6 heteroatoms. The number of carbonyl (C=O) groups excluding carboxylic acids is 1. The highest BCUT2D eigenvalue weighted by Crippen LogP contribution is 2.14. The van der Waals surface area contributed by atoms with Gasteiger partial charge in [-0.1, -0.05) is 15.9 Å². The lowest BCUT2D eigenvalue weighted by Crippen LogP contribution is -2.25.